The van der Waals surface area contributed by atoms with Gasteiger partial charge < -0.3 is 10.1 Å². The lowest BCUT2D eigenvalue weighted by atomic mass is 10.3. The maximum atomic E-state index is 11.8. The second-order valence-corrected chi connectivity index (χ2v) is 4.30. The molecule has 19 heavy (non-hydrogen) atoms. The lowest BCUT2D eigenvalue weighted by Gasteiger charge is -2.09. The number of imidazole rings is 1. The van der Waals surface area contributed by atoms with Crippen LogP contribution in [0.4, 0.5) is 10.5 Å². The molecule has 6 heteroatoms. The first-order valence-electron chi connectivity index (χ1n) is 5.92. The molecule has 0 saturated heterocycles. The third-order valence-electron chi connectivity index (χ3n) is 2.38. The van der Waals surface area contributed by atoms with Crippen molar-refractivity contribution in [2.45, 2.75) is 13.3 Å². The van der Waals surface area contributed by atoms with Crippen molar-refractivity contribution in [1.82, 2.24) is 9.55 Å². The van der Waals surface area contributed by atoms with Crippen LogP contribution >= 0.6 is 11.6 Å². The largest absolute Gasteiger partial charge is 0.492 e. The molecule has 0 fully saturated rings. The van der Waals surface area contributed by atoms with Gasteiger partial charge in [0, 0.05) is 18.1 Å². The molecule has 1 aromatic carbocycles. The predicted octanol–water partition coefficient (Wildman–Crippen LogP) is 3.41. The van der Waals surface area contributed by atoms with Crippen LogP contribution in [0.5, 0.6) is 5.75 Å². The van der Waals surface area contributed by atoms with Crippen LogP contribution in [0.1, 0.15) is 13.3 Å². The molecule has 1 N–H and O–H groups in total. The van der Waals surface area contributed by atoms with Gasteiger partial charge in [-0.3, -0.25) is 4.57 Å². The van der Waals surface area contributed by atoms with E-state index in [-0.39, 0.29) is 6.03 Å². The standard InChI is InChI=1S/C13H14ClN3O2/c1-2-7-19-12-4-3-10(8-11(12)14)16-13(18)17-6-5-15-9-17/h3-6,8-9H,2,7H2,1H3,(H,16,18). The molecule has 0 unspecified atom stereocenters. The van der Waals surface area contributed by atoms with E-state index in [1.54, 1.807) is 24.4 Å². The molecule has 0 radical (unpaired) electrons. The Balaban J connectivity index is 2.05. The first-order chi connectivity index (χ1) is 9.20. The Labute approximate surface area is 116 Å². The van der Waals surface area contributed by atoms with Gasteiger partial charge in [0.15, 0.2) is 0 Å². The van der Waals surface area contributed by atoms with Crippen LogP contribution in [0.15, 0.2) is 36.9 Å². The number of carbonyl (C=O) groups is 1. The van der Waals surface area contributed by atoms with Crippen LogP contribution in [0, 0.1) is 0 Å². The van der Waals surface area contributed by atoms with Gasteiger partial charge >= 0.3 is 6.03 Å². The number of nitrogens with one attached hydrogen (secondary N) is 1. The number of amides is 1. The lowest BCUT2D eigenvalue weighted by molar-refractivity contribution is 0.253. The zero-order chi connectivity index (χ0) is 13.7. The summed E-state index contributed by atoms with van der Waals surface area (Å²) in [7, 11) is 0. The quantitative estimate of drug-likeness (QED) is 0.933. The number of carbonyl (C=O) groups excluding carboxylic acids is 1. The van der Waals surface area contributed by atoms with Crippen molar-refractivity contribution < 1.29 is 9.53 Å². The highest BCUT2D eigenvalue weighted by Crippen LogP contribution is 2.27. The molecule has 100 valence electrons. The fraction of sp³-hybridized carbons (Fsp3) is 0.231. The van der Waals surface area contributed by atoms with Gasteiger partial charge in [-0.15, -0.1) is 0 Å². The third kappa shape index (κ3) is 3.48. The number of nitrogens with zero attached hydrogens (tertiary/aromatic N) is 2. The second kappa shape index (κ2) is 6.24. The minimum absolute atomic E-state index is 0.296. The van der Waals surface area contributed by atoms with Crippen molar-refractivity contribution in [2.75, 3.05) is 11.9 Å². The number of ether oxygens (including phenoxy) is 1. The first kappa shape index (κ1) is 13.4. The van der Waals surface area contributed by atoms with Gasteiger partial charge in [0.1, 0.15) is 12.1 Å². The summed E-state index contributed by atoms with van der Waals surface area (Å²) in [5.41, 5.74) is 0.604. The SMILES string of the molecule is CCCOc1ccc(NC(=O)n2ccnc2)cc1Cl. The minimum Gasteiger partial charge on any atom is -0.492 e. The molecule has 0 atom stereocenters. The number of hydrogen-bond acceptors (Lipinski definition) is 3. The summed E-state index contributed by atoms with van der Waals surface area (Å²) in [5, 5.41) is 3.18. The Morgan fingerprint density at radius 1 is 1.53 bits per heavy atom. The Morgan fingerprint density at radius 3 is 3.00 bits per heavy atom. The van der Waals surface area contributed by atoms with E-state index in [0.717, 1.165) is 6.42 Å². The number of aromatic nitrogens is 2. The van der Waals surface area contributed by atoms with Crippen molar-refractivity contribution >= 4 is 23.3 Å². The zero-order valence-electron chi connectivity index (χ0n) is 10.5. The molecule has 0 saturated carbocycles. The molecule has 1 amide bonds. The van der Waals surface area contributed by atoms with Crippen molar-refractivity contribution in [3.63, 3.8) is 0 Å². The van der Waals surface area contributed by atoms with Crippen LogP contribution < -0.4 is 10.1 Å². The Bertz CT molecular complexity index is 555. The Hall–Kier alpha value is -2.01. The normalized spacial score (nSPS) is 10.2. The van der Waals surface area contributed by atoms with Gasteiger partial charge in [0.25, 0.3) is 0 Å². The number of benzene rings is 1. The molecule has 1 aromatic heterocycles. The number of halogens is 1. The fourth-order valence-corrected chi connectivity index (χ4v) is 1.71. The van der Waals surface area contributed by atoms with E-state index in [9.17, 15) is 4.79 Å². The molecule has 5 nitrogen and oxygen atoms in total. The number of anilines is 1. The number of hydrogen-bond donors (Lipinski definition) is 1. The summed E-state index contributed by atoms with van der Waals surface area (Å²) in [6.07, 6.45) is 5.44. The molecule has 2 aromatic rings. The molecule has 0 aliphatic carbocycles. The van der Waals surface area contributed by atoms with Gasteiger partial charge in [-0.1, -0.05) is 18.5 Å². The molecule has 0 aliphatic rings. The van der Waals surface area contributed by atoms with Gasteiger partial charge in [0.2, 0.25) is 0 Å². The smallest absolute Gasteiger partial charge is 0.331 e. The highest BCUT2D eigenvalue weighted by molar-refractivity contribution is 6.32. The highest BCUT2D eigenvalue weighted by atomic mass is 35.5. The summed E-state index contributed by atoms with van der Waals surface area (Å²) >= 11 is 6.08. The van der Waals surface area contributed by atoms with E-state index in [4.69, 9.17) is 16.3 Å². The molecular formula is C13H14ClN3O2. The predicted molar refractivity (Wildman–Crippen MR) is 73.9 cm³/mol. The van der Waals surface area contributed by atoms with Crippen LogP contribution in [0.2, 0.25) is 5.02 Å². The van der Waals surface area contributed by atoms with Crippen LogP contribution in [0.25, 0.3) is 0 Å². The van der Waals surface area contributed by atoms with Crippen molar-refractivity contribution in [3.05, 3.63) is 41.9 Å². The molecule has 1 heterocycles. The van der Waals surface area contributed by atoms with E-state index in [0.29, 0.717) is 23.1 Å². The van der Waals surface area contributed by atoms with Gasteiger partial charge in [0.05, 0.1) is 11.6 Å². The number of rotatable bonds is 4. The zero-order valence-corrected chi connectivity index (χ0v) is 11.2. The van der Waals surface area contributed by atoms with E-state index >= 15 is 0 Å². The van der Waals surface area contributed by atoms with Crippen LogP contribution in [-0.4, -0.2) is 22.2 Å². The maximum Gasteiger partial charge on any atom is 0.331 e. The molecule has 0 bridgehead atoms. The topological polar surface area (TPSA) is 56.1 Å². The molecule has 2 rings (SSSR count). The molecular weight excluding hydrogens is 266 g/mol. The molecule has 0 aliphatic heterocycles. The van der Waals surface area contributed by atoms with Crippen molar-refractivity contribution in [2.24, 2.45) is 0 Å². The third-order valence-corrected chi connectivity index (χ3v) is 2.68. The Kier molecular flexibility index (Phi) is 4.41. The van der Waals surface area contributed by atoms with E-state index in [2.05, 4.69) is 10.3 Å². The van der Waals surface area contributed by atoms with Crippen molar-refractivity contribution in [1.29, 1.82) is 0 Å². The Morgan fingerprint density at radius 2 is 2.37 bits per heavy atom. The summed E-state index contributed by atoms with van der Waals surface area (Å²) < 4.78 is 6.80. The highest BCUT2D eigenvalue weighted by Gasteiger charge is 2.07. The monoisotopic (exact) mass is 279 g/mol. The van der Waals surface area contributed by atoms with E-state index < -0.39 is 0 Å². The van der Waals surface area contributed by atoms with Crippen LogP contribution in [0.3, 0.4) is 0 Å². The van der Waals surface area contributed by atoms with E-state index in [1.165, 1.54) is 17.1 Å². The van der Waals surface area contributed by atoms with E-state index in [1.807, 2.05) is 6.92 Å². The molecule has 0 spiro atoms. The summed E-state index contributed by atoms with van der Waals surface area (Å²) in [6.45, 7) is 2.63. The van der Waals surface area contributed by atoms with Gasteiger partial charge in [-0.2, -0.15) is 0 Å². The summed E-state index contributed by atoms with van der Waals surface area (Å²) in [4.78, 5) is 15.6. The lowest BCUT2D eigenvalue weighted by Crippen LogP contribution is -2.17. The average molecular weight is 280 g/mol. The van der Waals surface area contributed by atoms with Crippen molar-refractivity contribution in [3.8, 4) is 5.75 Å². The summed E-state index contributed by atoms with van der Waals surface area (Å²) in [5.74, 6) is 0.615. The maximum absolute atomic E-state index is 11.8. The van der Waals surface area contributed by atoms with Gasteiger partial charge in [-0.25, -0.2) is 9.78 Å². The fourth-order valence-electron chi connectivity index (χ4n) is 1.47. The second-order valence-electron chi connectivity index (χ2n) is 3.89. The minimum atomic E-state index is -0.296. The van der Waals surface area contributed by atoms with Gasteiger partial charge in [-0.05, 0) is 24.6 Å². The van der Waals surface area contributed by atoms with Crippen LogP contribution in [-0.2, 0) is 0 Å². The average Bonchev–Trinajstić information content (AvgIpc) is 2.92. The summed E-state index contributed by atoms with van der Waals surface area (Å²) in [6, 6.07) is 4.84. The first-order valence-corrected chi connectivity index (χ1v) is 6.30.